The molecule has 1 atom stereocenters. The fourth-order valence-electron chi connectivity index (χ4n) is 4.02. The van der Waals surface area contributed by atoms with Gasteiger partial charge in [-0.25, -0.2) is 9.18 Å². The van der Waals surface area contributed by atoms with Crippen LogP contribution in [-0.4, -0.2) is 33.2 Å². The molecule has 3 aromatic carbocycles. The van der Waals surface area contributed by atoms with E-state index in [1.54, 1.807) is 61.6 Å². The van der Waals surface area contributed by atoms with Crippen molar-refractivity contribution in [3.63, 3.8) is 0 Å². The van der Waals surface area contributed by atoms with Crippen LogP contribution in [0.15, 0.2) is 60.7 Å². The summed E-state index contributed by atoms with van der Waals surface area (Å²) < 4.78 is 29.3. The summed E-state index contributed by atoms with van der Waals surface area (Å²) in [6, 6.07) is 15.8. The molecule has 0 aromatic heterocycles. The van der Waals surface area contributed by atoms with Crippen LogP contribution in [0.2, 0.25) is 0 Å². The Bertz CT molecular complexity index is 1160. The number of amides is 1. The van der Waals surface area contributed by atoms with Gasteiger partial charge in [-0.05, 0) is 65.2 Å². The molecule has 7 heteroatoms. The molecule has 32 heavy (non-hydrogen) atoms. The van der Waals surface area contributed by atoms with Gasteiger partial charge in [0.2, 0.25) is 5.91 Å². The van der Waals surface area contributed by atoms with Crippen LogP contribution in [0.4, 0.5) is 10.1 Å². The number of nitrogens with zero attached hydrogens (tertiary/aromatic N) is 1. The average molecular weight is 435 g/mol. The quantitative estimate of drug-likeness (QED) is 0.559. The fraction of sp³-hybridized carbons (Fsp3) is 0.200. The van der Waals surface area contributed by atoms with Crippen molar-refractivity contribution in [3.05, 3.63) is 88.7 Å². The van der Waals surface area contributed by atoms with Gasteiger partial charge in [0.05, 0.1) is 39.4 Å². The van der Waals surface area contributed by atoms with Crippen molar-refractivity contribution < 1.29 is 28.2 Å². The van der Waals surface area contributed by atoms with E-state index in [9.17, 15) is 14.0 Å². The fourth-order valence-corrected chi connectivity index (χ4v) is 4.02. The number of rotatable bonds is 5. The van der Waals surface area contributed by atoms with Crippen LogP contribution in [0, 0.1) is 5.82 Å². The molecular weight excluding hydrogens is 413 g/mol. The second kappa shape index (κ2) is 8.70. The Morgan fingerprint density at radius 3 is 2.16 bits per heavy atom. The lowest BCUT2D eigenvalue weighted by molar-refractivity contribution is -0.118. The molecule has 0 aliphatic carbocycles. The number of methoxy groups -OCH3 is 3. The minimum absolute atomic E-state index is 0.134. The van der Waals surface area contributed by atoms with Crippen molar-refractivity contribution >= 4 is 17.6 Å². The number of fused-ring (bicyclic) bond motifs is 1. The molecule has 0 spiro atoms. The third-order valence-corrected chi connectivity index (χ3v) is 5.56. The largest absolute Gasteiger partial charge is 0.493 e. The summed E-state index contributed by atoms with van der Waals surface area (Å²) in [6.45, 7) is 0. The highest BCUT2D eigenvalue weighted by atomic mass is 19.1. The number of carbonyl (C=O) groups is 2. The molecule has 0 unspecified atom stereocenters. The van der Waals surface area contributed by atoms with Crippen molar-refractivity contribution in [2.75, 3.05) is 26.2 Å². The van der Waals surface area contributed by atoms with Gasteiger partial charge in [0.1, 0.15) is 5.82 Å². The third kappa shape index (κ3) is 3.77. The van der Waals surface area contributed by atoms with Crippen LogP contribution in [0.5, 0.6) is 11.5 Å². The second-order valence-electron chi connectivity index (χ2n) is 7.34. The average Bonchev–Trinajstić information content (AvgIpc) is 2.82. The number of carbonyl (C=O) groups excluding carboxylic acids is 2. The minimum Gasteiger partial charge on any atom is -0.493 e. The van der Waals surface area contributed by atoms with Crippen LogP contribution in [0.25, 0.3) is 0 Å². The van der Waals surface area contributed by atoms with Gasteiger partial charge in [0, 0.05) is 5.69 Å². The molecular formula is C25H22FNO5. The monoisotopic (exact) mass is 435 g/mol. The number of hydrogen-bond donors (Lipinski definition) is 0. The number of halogens is 1. The molecule has 0 radical (unpaired) electrons. The summed E-state index contributed by atoms with van der Waals surface area (Å²) in [6.07, 6.45) is 0.159. The Hall–Kier alpha value is -3.87. The van der Waals surface area contributed by atoms with Crippen molar-refractivity contribution in [1.82, 2.24) is 0 Å². The molecule has 1 heterocycles. The summed E-state index contributed by atoms with van der Waals surface area (Å²) in [5, 5.41) is 0. The first kappa shape index (κ1) is 21.4. The molecule has 0 saturated heterocycles. The highest BCUT2D eigenvalue weighted by Crippen LogP contribution is 2.43. The first-order valence-electron chi connectivity index (χ1n) is 9.97. The van der Waals surface area contributed by atoms with E-state index in [1.807, 2.05) is 6.07 Å². The molecule has 6 nitrogen and oxygen atoms in total. The first-order valence-corrected chi connectivity index (χ1v) is 9.97. The first-order chi connectivity index (χ1) is 15.5. The predicted octanol–water partition coefficient (Wildman–Crippen LogP) is 4.31. The second-order valence-corrected chi connectivity index (χ2v) is 7.34. The third-order valence-electron chi connectivity index (χ3n) is 5.56. The lowest BCUT2D eigenvalue weighted by Gasteiger charge is -2.38. The Morgan fingerprint density at radius 1 is 0.938 bits per heavy atom. The van der Waals surface area contributed by atoms with Gasteiger partial charge in [-0.1, -0.05) is 12.1 Å². The number of hydrogen-bond acceptors (Lipinski definition) is 5. The van der Waals surface area contributed by atoms with E-state index in [4.69, 9.17) is 14.2 Å². The van der Waals surface area contributed by atoms with Gasteiger partial charge >= 0.3 is 5.97 Å². The molecule has 4 rings (SSSR count). The van der Waals surface area contributed by atoms with Gasteiger partial charge in [-0.15, -0.1) is 0 Å². The van der Waals surface area contributed by atoms with E-state index < -0.39 is 12.0 Å². The van der Waals surface area contributed by atoms with Crippen molar-refractivity contribution in [2.24, 2.45) is 0 Å². The Kier molecular flexibility index (Phi) is 5.81. The van der Waals surface area contributed by atoms with Gasteiger partial charge in [0.25, 0.3) is 0 Å². The summed E-state index contributed by atoms with van der Waals surface area (Å²) >= 11 is 0. The van der Waals surface area contributed by atoms with Crippen LogP contribution in [0.3, 0.4) is 0 Å². The van der Waals surface area contributed by atoms with Crippen molar-refractivity contribution in [2.45, 2.75) is 12.5 Å². The zero-order chi connectivity index (χ0) is 22.8. The van der Waals surface area contributed by atoms with Gasteiger partial charge < -0.3 is 19.1 Å². The summed E-state index contributed by atoms with van der Waals surface area (Å²) in [5.41, 5.74) is 3.39. The maximum atomic E-state index is 13.7. The van der Waals surface area contributed by atoms with Crippen molar-refractivity contribution in [3.8, 4) is 11.5 Å². The minimum atomic E-state index is -0.518. The van der Waals surface area contributed by atoms with Gasteiger partial charge in [0.15, 0.2) is 11.5 Å². The Morgan fingerprint density at radius 2 is 1.56 bits per heavy atom. The van der Waals surface area contributed by atoms with E-state index >= 15 is 0 Å². The number of esters is 1. The normalized spacial score (nSPS) is 15.2. The Labute approximate surface area is 185 Å². The van der Waals surface area contributed by atoms with Crippen LogP contribution in [0.1, 0.15) is 33.1 Å². The number of ether oxygens (including phenoxy) is 3. The maximum Gasteiger partial charge on any atom is 0.337 e. The molecule has 1 amide bonds. The Balaban J connectivity index is 1.88. The molecule has 1 aliphatic rings. The van der Waals surface area contributed by atoms with Gasteiger partial charge in [-0.2, -0.15) is 0 Å². The van der Waals surface area contributed by atoms with Crippen LogP contribution >= 0.6 is 0 Å². The molecule has 0 saturated carbocycles. The highest BCUT2D eigenvalue weighted by molar-refractivity contribution is 5.99. The predicted molar refractivity (Wildman–Crippen MR) is 117 cm³/mol. The smallest absolute Gasteiger partial charge is 0.337 e. The summed E-state index contributed by atoms with van der Waals surface area (Å²) in [7, 11) is 4.41. The van der Waals surface area contributed by atoms with Crippen LogP contribution < -0.4 is 14.4 Å². The lowest BCUT2D eigenvalue weighted by atomic mass is 9.86. The summed E-state index contributed by atoms with van der Waals surface area (Å²) in [5.74, 6) is 0.113. The van der Waals surface area contributed by atoms with Gasteiger partial charge in [-0.3, -0.25) is 4.79 Å². The molecule has 1 aliphatic heterocycles. The number of benzene rings is 3. The molecule has 164 valence electrons. The molecule has 3 aromatic rings. The lowest BCUT2D eigenvalue weighted by Crippen LogP contribution is -2.41. The molecule has 0 N–H and O–H groups in total. The van der Waals surface area contributed by atoms with Crippen molar-refractivity contribution in [1.29, 1.82) is 0 Å². The SMILES string of the molecule is COC(=O)c1ccc(N2C(=O)Cc3cc(OC)c(OC)cc3[C@H]2c2ccc(F)cc2)cc1. The standard InChI is InChI=1S/C25H22FNO5/c1-30-21-12-17-13-23(28)27(19-10-6-16(7-11-19)25(29)32-3)24(20(17)14-22(21)31-2)15-4-8-18(26)9-5-15/h4-12,14,24H,13H2,1-3H3/t24-/m1/s1. The van der Waals surface area contributed by atoms with E-state index in [1.165, 1.54) is 19.2 Å². The van der Waals surface area contributed by atoms with E-state index in [-0.39, 0.29) is 18.1 Å². The summed E-state index contributed by atoms with van der Waals surface area (Å²) in [4.78, 5) is 26.8. The molecule has 0 fully saturated rings. The molecule has 0 bridgehead atoms. The highest BCUT2D eigenvalue weighted by Gasteiger charge is 2.36. The van der Waals surface area contributed by atoms with Crippen LogP contribution in [-0.2, 0) is 16.0 Å². The topological polar surface area (TPSA) is 65.1 Å². The zero-order valence-electron chi connectivity index (χ0n) is 17.9. The van der Waals surface area contributed by atoms with E-state index in [0.29, 0.717) is 22.7 Å². The zero-order valence-corrected chi connectivity index (χ0v) is 17.9. The van der Waals surface area contributed by atoms with E-state index in [0.717, 1.165) is 16.7 Å². The number of anilines is 1. The maximum absolute atomic E-state index is 13.7. The van der Waals surface area contributed by atoms with E-state index in [2.05, 4.69) is 0 Å².